The molecule has 2 aliphatic rings. The van der Waals surface area contributed by atoms with Crippen molar-refractivity contribution in [1.29, 1.82) is 0 Å². The molecule has 2 heteroatoms. The summed E-state index contributed by atoms with van der Waals surface area (Å²) in [5, 5.41) is 0. The van der Waals surface area contributed by atoms with Crippen molar-refractivity contribution in [2.75, 3.05) is 0 Å². The Kier molecular flexibility index (Phi) is 2.08. The molecule has 0 amide bonds. The standard InChI is InChI=1S/C13H14FN/c14-11-5-3-10(4-6-11)13-8-7-12(15-13)9-1-2-9/h3-6,9,13H,1-2,7-8H2. The number of rotatable bonds is 2. The molecule has 78 valence electrons. The first kappa shape index (κ1) is 9.08. The summed E-state index contributed by atoms with van der Waals surface area (Å²) in [6, 6.07) is 7.07. The number of benzene rings is 1. The smallest absolute Gasteiger partial charge is 0.123 e. The fourth-order valence-electron chi connectivity index (χ4n) is 2.27. The lowest BCUT2D eigenvalue weighted by Crippen LogP contribution is -1.93. The fourth-order valence-corrected chi connectivity index (χ4v) is 2.27. The minimum absolute atomic E-state index is 0.164. The molecule has 1 aromatic rings. The third kappa shape index (κ3) is 1.81. The van der Waals surface area contributed by atoms with E-state index in [1.54, 1.807) is 0 Å². The van der Waals surface area contributed by atoms with E-state index >= 15 is 0 Å². The topological polar surface area (TPSA) is 12.4 Å². The molecule has 1 unspecified atom stereocenters. The summed E-state index contributed by atoms with van der Waals surface area (Å²) in [5.41, 5.74) is 2.57. The summed E-state index contributed by atoms with van der Waals surface area (Å²) in [6.45, 7) is 0. The predicted octanol–water partition coefficient (Wildman–Crippen LogP) is 3.51. The van der Waals surface area contributed by atoms with E-state index < -0.39 is 0 Å². The number of nitrogens with zero attached hydrogens (tertiary/aromatic N) is 1. The summed E-state index contributed by atoms with van der Waals surface area (Å²) >= 11 is 0. The van der Waals surface area contributed by atoms with Gasteiger partial charge in [-0.25, -0.2) is 4.39 Å². The van der Waals surface area contributed by atoms with Crippen LogP contribution in [-0.2, 0) is 0 Å². The molecule has 3 rings (SSSR count). The zero-order chi connectivity index (χ0) is 10.3. The molecular weight excluding hydrogens is 189 g/mol. The van der Waals surface area contributed by atoms with Gasteiger partial charge < -0.3 is 0 Å². The Labute approximate surface area is 89.0 Å². The maximum Gasteiger partial charge on any atom is 0.123 e. The van der Waals surface area contributed by atoms with Gasteiger partial charge in [-0.15, -0.1) is 0 Å². The first-order valence-electron chi connectivity index (χ1n) is 5.65. The van der Waals surface area contributed by atoms with Gasteiger partial charge in [0.1, 0.15) is 5.82 Å². The van der Waals surface area contributed by atoms with E-state index in [2.05, 4.69) is 0 Å². The fraction of sp³-hybridized carbons (Fsp3) is 0.462. The summed E-state index contributed by atoms with van der Waals surface area (Å²) in [6.07, 6.45) is 4.91. The third-order valence-corrected chi connectivity index (χ3v) is 3.30. The van der Waals surface area contributed by atoms with Gasteiger partial charge in [-0.1, -0.05) is 12.1 Å². The van der Waals surface area contributed by atoms with Gasteiger partial charge in [0, 0.05) is 5.71 Å². The van der Waals surface area contributed by atoms with Gasteiger partial charge in [-0.3, -0.25) is 4.99 Å². The summed E-state index contributed by atoms with van der Waals surface area (Å²) in [5.74, 6) is 0.624. The maximum absolute atomic E-state index is 12.8. The molecule has 15 heavy (non-hydrogen) atoms. The van der Waals surface area contributed by atoms with Gasteiger partial charge in [0.25, 0.3) is 0 Å². The summed E-state index contributed by atoms with van der Waals surface area (Å²) < 4.78 is 12.8. The Hall–Kier alpha value is -1.18. The quantitative estimate of drug-likeness (QED) is 0.697. The van der Waals surface area contributed by atoms with Crippen molar-refractivity contribution in [3.63, 3.8) is 0 Å². The van der Waals surface area contributed by atoms with Gasteiger partial charge in [0.05, 0.1) is 6.04 Å². The third-order valence-electron chi connectivity index (χ3n) is 3.30. The van der Waals surface area contributed by atoms with Crippen LogP contribution >= 0.6 is 0 Å². The van der Waals surface area contributed by atoms with Gasteiger partial charge in [0.15, 0.2) is 0 Å². The Morgan fingerprint density at radius 3 is 2.47 bits per heavy atom. The number of aliphatic imine (C=N–C) groups is 1. The molecule has 1 aliphatic carbocycles. The number of hydrogen-bond donors (Lipinski definition) is 0. The van der Waals surface area contributed by atoms with E-state index in [9.17, 15) is 4.39 Å². The second-order valence-corrected chi connectivity index (χ2v) is 4.50. The molecule has 1 aromatic carbocycles. The van der Waals surface area contributed by atoms with E-state index in [4.69, 9.17) is 4.99 Å². The van der Waals surface area contributed by atoms with Gasteiger partial charge in [-0.2, -0.15) is 0 Å². The van der Waals surface area contributed by atoms with Crippen LogP contribution in [0.1, 0.15) is 37.3 Å². The number of hydrogen-bond acceptors (Lipinski definition) is 1. The van der Waals surface area contributed by atoms with Crippen molar-refractivity contribution in [3.8, 4) is 0 Å². The Bertz CT molecular complexity index is 390. The predicted molar refractivity (Wildman–Crippen MR) is 58.5 cm³/mol. The zero-order valence-electron chi connectivity index (χ0n) is 8.62. The monoisotopic (exact) mass is 203 g/mol. The van der Waals surface area contributed by atoms with Crippen LogP contribution in [0.3, 0.4) is 0 Å². The molecule has 1 nitrogen and oxygen atoms in total. The molecule has 1 aliphatic heterocycles. The Morgan fingerprint density at radius 2 is 1.80 bits per heavy atom. The largest absolute Gasteiger partial charge is 0.286 e. The van der Waals surface area contributed by atoms with E-state index in [1.165, 1.54) is 30.7 Å². The van der Waals surface area contributed by atoms with Gasteiger partial charge >= 0.3 is 0 Å². The molecule has 1 saturated carbocycles. The van der Waals surface area contributed by atoms with Crippen LogP contribution in [0, 0.1) is 11.7 Å². The lowest BCUT2D eigenvalue weighted by Gasteiger charge is -2.05. The van der Waals surface area contributed by atoms with Crippen LogP contribution in [0.2, 0.25) is 0 Å². The molecule has 0 radical (unpaired) electrons. The summed E-state index contributed by atoms with van der Waals surface area (Å²) in [4.78, 5) is 4.74. The van der Waals surface area contributed by atoms with Crippen molar-refractivity contribution in [3.05, 3.63) is 35.6 Å². The highest BCUT2D eigenvalue weighted by molar-refractivity contribution is 5.90. The molecule has 1 atom stereocenters. The molecule has 0 aromatic heterocycles. The lowest BCUT2D eigenvalue weighted by atomic mass is 10.0. The van der Waals surface area contributed by atoms with E-state index in [1.807, 2.05) is 12.1 Å². The second kappa shape index (κ2) is 3.44. The SMILES string of the molecule is Fc1ccc(C2CCC(C3CC3)=N2)cc1. The lowest BCUT2D eigenvalue weighted by molar-refractivity contribution is 0.624. The molecule has 0 N–H and O–H groups in total. The normalized spacial score (nSPS) is 25.4. The van der Waals surface area contributed by atoms with Crippen molar-refractivity contribution in [2.45, 2.75) is 31.7 Å². The second-order valence-electron chi connectivity index (χ2n) is 4.50. The highest BCUT2D eigenvalue weighted by atomic mass is 19.1. The van der Waals surface area contributed by atoms with Crippen molar-refractivity contribution < 1.29 is 4.39 Å². The first-order valence-corrected chi connectivity index (χ1v) is 5.65. The first-order chi connectivity index (χ1) is 7.33. The molecule has 0 bridgehead atoms. The average Bonchev–Trinajstić information content (AvgIpc) is 2.99. The van der Waals surface area contributed by atoms with Crippen LogP contribution in [-0.4, -0.2) is 5.71 Å². The molecular formula is C13H14FN. The minimum Gasteiger partial charge on any atom is -0.286 e. The van der Waals surface area contributed by atoms with E-state index in [0.717, 1.165) is 24.3 Å². The molecule has 1 heterocycles. The van der Waals surface area contributed by atoms with Gasteiger partial charge in [0.2, 0.25) is 0 Å². The van der Waals surface area contributed by atoms with E-state index in [0.29, 0.717) is 6.04 Å². The molecule has 0 spiro atoms. The van der Waals surface area contributed by atoms with Crippen molar-refractivity contribution in [1.82, 2.24) is 0 Å². The Morgan fingerprint density at radius 1 is 1.07 bits per heavy atom. The Balaban J connectivity index is 1.80. The minimum atomic E-state index is -0.164. The van der Waals surface area contributed by atoms with Gasteiger partial charge in [-0.05, 0) is 49.3 Å². The van der Waals surface area contributed by atoms with Crippen LogP contribution < -0.4 is 0 Å². The van der Waals surface area contributed by atoms with Crippen LogP contribution in [0.25, 0.3) is 0 Å². The van der Waals surface area contributed by atoms with Crippen LogP contribution in [0.15, 0.2) is 29.3 Å². The highest BCUT2D eigenvalue weighted by Crippen LogP contribution is 2.39. The molecule has 1 fully saturated rings. The van der Waals surface area contributed by atoms with Crippen molar-refractivity contribution in [2.24, 2.45) is 10.9 Å². The maximum atomic E-state index is 12.8. The summed E-state index contributed by atoms with van der Waals surface area (Å²) in [7, 11) is 0. The van der Waals surface area contributed by atoms with Crippen LogP contribution in [0.4, 0.5) is 4.39 Å². The average molecular weight is 203 g/mol. The zero-order valence-corrected chi connectivity index (χ0v) is 8.62. The van der Waals surface area contributed by atoms with Crippen molar-refractivity contribution >= 4 is 5.71 Å². The van der Waals surface area contributed by atoms with E-state index in [-0.39, 0.29) is 5.82 Å². The van der Waals surface area contributed by atoms with Crippen LogP contribution in [0.5, 0.6) is 0 Å². The highest BCUT2D eigenvalue weighted by Gasteiger charge is 2.31. The number of halogens is 1. The molecule has 0 saturated heterocycles.